The number of likely N-dealkylation sites (tertiary alicyclic amines) is 1. The van der Waals surface area contributed by atoms with Gasteiger partial charge in [0, 0.05) is 30.5 Å². The summed E-state index contributed by atoms with van der Waals surface area (Å²) in [6, 6.07) is 0. The van der Waals surface area contributed by atoms with E-state index in [1.54, 1.807) is 23.1 Å². The van der Waals surface area contributed by atoms with Crippen LogP contribution in [0.25, 0.3) is 0 Å². The number of hydrogen-bond acceptors (Lipinski definition) is 5. The highest BCUT2D eigenvalue weighted by molar-refractivity contribution is 8.00. The number of carbonyl (C=O) groups excluding carboxylic acids is 1. The number of thiazole rings is 1. The van der Waals surface area contributed by atoms with Crippen LogP contribution in [0.5, 0.6) is 0 Å². The van der Waals surface area contributed by atoms with Gasteiger partial charge in [-0.1, -0.05) is 18.7 Å². The molecule has 2 fully saturated rings. The third-order valence-corrected chi connectivity index (χ3v) is 6.28. The quantitative estimate of drug-likeness (QED) is 0.798. The molecule has 4 nitrogen and oxygen atoms in total. The minimum Gasteiger partial charge on any atom is -0.381 e. The topological polar surface area (TPSA) is 42.4 Å². The van der Waals surface area contributed by atoms with Gasteiger partial charge in [0.15, 0.2) is 0 Å². The summed E-state index contributed by atoms with van der Waals surface area (Å²) in [5.41, 5.74) is 1.15. The second kappa shape index (κ2) is 6.67. The second-order valence-electron chi connectivity index (χ2n) is 5.94. The summed E-state index contributed by atoms with van der Waals surface area (Å²) in [5.74, 6) is 1.24. The highest BCUT2D eigenvalue weighted by Gasteiger charge is 2.40. The molecule has 0 aromatic carbocycles. The van der Waals surface area contributed by atoms with Gasteiger partial charge < -0.3 is 9.64 Å². The molecule has 2 aliphatic heterocycles. The van der Waals surface area contributed by atoms with Crippen molar-refractivity contribution in [3.63, 3.8) is 0 Å². The van der Waals surface area contributed by atoms with Crippen molar-refractivity contribution in [2.24, 2.45) is 5.41 Å². The van der Waals surface area contributed by atoms with E-state index in [1.807, 2.05) is 10.3 Å². The summed E-state index contributed by atoms with van der Waals surface area (Å²) in [4.78, 5) is 19.1. The largest absolute Gasteiger partial charge is 0.381 e. The Balaban J connectivity index is 1.59. The molecule has 0 N–H and O–H groups in total. The van der Waals surface area contributed by atoms with E-state index in [9.17, 15) is 4.79 Å². The number of carbonyl (C=O) groups is 1. The van der Waals surface area contributed by atoms with Crippen LogP contribution in [0.15, 0.2) is 9.72 Å². The molecule has 0 aliphatic carbocycles. The fourth-order valence-electron chi connectivity index (χ4n) is 3.22. The minimum atomic E-state index is 0.222. The zero-order valence-corrected chi connectivity index (χ0v) is 14.1. The van der Waals surface area contributed by atoms with Crippen molar-refractivity contribution in [2.75, 3.05) is 32.1 Å². The first-order chi connectivity index (χ1) is 10.2. The Morgan fingerprint density at radius 3 is 3.24 bits per heavy atom. The number of amides is 1. The van der Waals surface area contributed by atoms with Crippen LogP contribution < -0.4 is 0 Å². The number of aromatic nitrogens is 1. The fraction of sp³-hybridized carbons (Fsp3) is 0.733. The van der Waals surface area contributed by atoms with Gasteiger partial charge in [0.05, 0.1) is 18.7 Å². The van der Waals surface area contributed by atoms with Crippen LogP contribution in [0.4, 0.5) is 0 Å². The molecule has 2 aliphatic rings. The molecule has 3 rings (SSSR count). The van der Waals surface area contributed by atoms with Gasteiger partial charge in [-0.2, -0.15) is 0 Å². The molecule has 1 unspecified atom stereocenters. The average molecular weight is 326 g/mol. The average Bonchev–Trinajstić information content (AvgIpc) is 3.10. The monoisotopic (exact) mass is 326 g/mol. The standard InChI is InChI=1S/C15H22N2O2S2/c1-2-20-14-16-12(9-21-14)8-13(18)17-6-3-4-15(10-17)5-7-19-11-15/h9H,2-8,10-11H2,1H3. The van der Waals surface area contributed by atoms with Crippen LogP contribution in [0.1, 0.15) is 31.9 Å². The summed E-state index contributed by atoms with van der Waals surface area (Å²) < 4.78 is 6.63. The van der Waals surface area contributed by atoms with Gasteiger partial charge >= 0.3 is 0 Å². The Morgan fingerprint density at radius 1 is 1.57 bits per heavy atom. The lowest BCUT2D eigenvalue weighted by Gasteiger charge is -2.39. The van der Waals surface area contributed by atoms with Crippen molar-refractivity contribution >= 4 is 29.0 Å². The SMILES string of the molecule is CCSc1nc(CC(=O)N2CCCC3(CCOC3)C2)cs1. The van der Waals surface area contributed by atoms with Crippen molar-refractivity contribution in [1.82, 2.24) is 9.88 Å². The van der Waals surface area contributed by atoms with E-state index >= 15 is 0 Å². The Bertz CT molecular complexity index is 498. The lowest BCUT2D eigenvalue weighted by molar-refractivity contribution is -0.134. The molecular weight excluding hydrogens is 304 g/mol. The van der Waals surface area contributed by atoms with Crippen molar-refractivity contribution in [3.8, 4) is 0 Å². The first-order valence-corrected chi connectivity index (χ1v) is 9.50. The highest BCUT2D eigenvalue weighted by Crippen LogP contribution is 2.37. The summed E-state index contributed by atoms with van der Waals surface area (Å²) in [6.45, 7) is 5.55. The summed E-state index contributed by atoms with van der Waals surface area (Å²) in [6.07, 6.45) is 3.84. The van der Waals surface area contributed by atoms with E-state index < -0.39 is 0 Å². The van der Waals surface area contributed by atoms with Crippen LogP contribution in [-0.2, 0) is 16.0 Å². The maximum absolute atomic E-state index is 12.5. The highest BCUT2D eigenvalue weighted by atomic mass is 32.2. The molecule has 1 aromatic heterocycles. The van der Waals surface area contributed by atoms with Crippen LogP contribution in [0.2, 0.25) is 0 Å². The van der Waals surface area contributed by atoms with Crippen molar-refractivity contribution in [3.05, 3.63) is 11.1 Å². The Morgan fingerprint density at radius 2 is 2.48 bits per heavy atom. The normalized spacial score (nSPS) is 25.7. The molecule has 3 heterocycles. The molecule has 2 saturated heterocycles. The maximum Gasteiger partial charge on any atom is 0.228 e. The van der Waals surface area contributed by atoms with Gasteiger partial charge in [-0.25, -0.2) is 4.98 Å². The Hall–Kier alpha value is -0.590. The number of thioether (sulfide) groups is 1. The molecule has 0 saturated carbocycles. The maximum atomic E-state index is 12.5. The van der Waals surface area contributed by atoms with Crippen LogP contribution >= 0.6 is 23.1 Å². The Kier molecular flexibility index (Phi) is 4.86. The molecule has 0 bridgehead atoms. The van der Waals surface area contributed by atoms with Crippen LogP contribution in [-0.4, -0.2) is 47.8 Å². The molecule has 1 amide bonds. The van der Waals surface area contributed by atoms with E-state index in [0.29, 0.717) is 6.42 Å². The predicted octanol–water partition coefficient (Wildman–Crippen LogP) is 2.83. The van der Waals surface area contributed by atoms with Gasteiger partial charge in [-0.05, 0) is 25.0 Å². The van der Waals surface area contributed by atoms with E-state index in [-0.39, 0.29) is 11.3 Å². The minimum absolute atomic E-state index is 0.222. The molecule has 116 valence electrons. The van der Waals surface area contributed by atoms with Crippen LogP contribution in [0.3, 0.4) is 0 Å². The lowest BCUT2D eigenvalue weighted by atomic mass is 9.79. The van der Waals surface area contributed by atoms with Gasteiger partial charge in [0.25, 0.3) is 0 Å². The zero-order valence-electron chi connectivity index (χ0n) is 12.5. The van der Waals surface area contributed by atoms with E-state index in [1.165, 1.54) is 6.42 Å². The second-order valence-corrected chi connectivity index (χ2v) is 8.31. The van der Waals surface area contributed by atoms with Gasteiger partial charge in [0.2, 0.25) is 5.91 Å². The number of hydrogen-bond donors (Lipinski definition) is 0. The summed E-state index contributed by atoms with van der Waals surface area (Å²) >= 11 is 3.38. The third kappa shape index (κ3) is 3.60. The van der Waals surface area contributed by atoms with Crippen LogP contribution in [0, 0.1) is 5.41 Å². The van der Waals surface area contributed by atoms with E-state index in [0.717, 1.165) is 54.9 Å². The number of ether oxygens (including phenoxy) is 1. The van der Waals surface area contributed by atoms with Crippen molar-refractivity contribution < 1.29 is 9.53 Å². The first kappa shape index (κ1) is 15.3. The molecule has 21 heavy (non-hydrogen) atoms. The van der Waals surface area contributed by atoms with Gasteiger partial charge in [-0.15, -0.1) is 11.3 Å². The first-order valence-electron chi connectivity index (χ1n) is 7.63. The van der Waals surface area contributed by atoms with Gasteiger partial charge in [-0.3, -0.25) is 4.79 Å². The summed E-state index contributed by atoms with van der Waals surface area (Å²) in [7, 11) is 0. The molecule has 6 heteroatoms. The number of rotatable bonds is 4. The molecule has 1 atom stereocenters. The van der Waals surface area contributed by atoms with Gasteiger partial charge in [0.1, 0.15) is 4.34 Å². The summed E-state index contributed by atoms with van der Waals surface area (Å²) in [5, 5.41) is 2.02. The number of nitrogens with zero attached hydrogens (tertiary/aromatic N) is 2. The fourth-order valence-corrected chi connectivity index (χ4v) is 4.96. The Labute approximate surface area is 134 Å². The van der Waals surface area contributed by atoms with E-state index in [2.05, 4.69) is 11.9 Å². The van der Waals surface area contributed by atoms with Crippen molar-refractivity contribution in [1.29, 1.82) is 0 Å². The predicted molar refractivity (Wildman–Crippen MR) is 85.9 cm³/mol. The third-order valence-electron chi connectivity index (χ3n) is 4.33. The lowest BCUT2D eigenvalue weighted by Crippen LogP contribution is -2.47. The van der Waals surface area contributed by atoms with E-state index in [4.69, 9.17) is 4.74 Å². The molecule has 1 spiro atoms. The van der Waals surface area contributed by atoms with Crippen molar-refractivity contribution in [2.45, 2.75) is 36.9 Å². The molecule has 1 aromatic rings. The molecular formula is C15H22N2O2S2. The zero-order chi connectivity index (χ0) is 14.7. The molecule has 0 radical (unpaired) electrons. The smallest absolute Gasteiger partial charge is 0.228 e. The number of piperidine rings is 1.